The second kappa shape index (κ2) is 4.68. The van der Waals surface area contributed by atoms with Crippen molar-refractivity contribution in [2.24, 2.45) is 5.73 Å². The van der Waals surface area contributed by atoms with Crippen LogP contribution in [0.3, 0.4) is 0 Å². The van der Waals surface area contributed by atoms with E-state index in [4.69, 9.17) is 23.1 Å². The summed E-state index contributed by atoms with van der Waals surface area (Å²) in [7, 11) is 0. The number of benzene rings is 1. The minimum absolute atomic E-state index is 0.676. The van der Waals surface area contributed by atoms with Gasteiger partial charge in [-0.25, -0.2) is 0 Å². The van der Waals surface area contributed by atoms with Gasteiger partial charge in [-0.1, -0.05) is 11.6 Å². The molecule has 1 aromatic carbocycles. The lowest BCUT2D eigenvalue weighted by atomic mass is 9.90. The zero-order chi connectivity index (χ0) is 11.7. The summed E-state index contributed by atoms with van der Waals surface area (Å²) >= 11 is 9.45. The molecule has 4 heteroatoms. The van der Waals surface area contributed by atoms with Gasteiger partial charge in [-0.05, 0) is 59.3 Å². The third-order valence-electron chi connectivity index (χ3n) is 2.93. The maximum absolute atomic E-state index is 6.09. The highest BCUT2D eigenvalue weighted by atomic mass is 79.9. The van der Waals surface area contributed by atoms with E-state index in [1.54, 1.807) is 0 Å². The quantitative estimate of drug-likeness (QED) is 0.772. The van der Waals surface area contributed by atoms with Crippen LogP contribution in [0.1, 0.15) is 31.2 Å². The molecule has 0 radical (unpaired) electrons. The van der Waals surface area contributed by atoms with Crippen LogP contribution >= 0.6 is 27.5 Å². The van der Waals surface area contributed by atoms with Crippen molar-refractivity contribution in [3.63, 3.8) is 0 Å². The first kappa shape index (κ1) is 11.8. The molecule has 0 bridgehead atoms. The number of hydrogen-bond acceptors (Lipinski definition) is 2. The summed E-state index contributed by atoms with van der Waals surface area (Å²) in [6, 6.07) is 3.74. The van der Waals surface area contributed by atoms with Gasteiger partial charge in [0.15, 0.2) is 0 Å². The van der Waals surface area contributed by atoms with Gasteiger partial charge < -0.3 is 11.5 Å². The van der Waals surface area contributed by atoms with Crippen molar-refractivity contribution in [3.8, 4) is 0 Å². The van der Waals surface area contributed by atoms with Crippen LogP contribution in [0.2, 0.25) is 5.02 Å². The van der Waals surface area contributed by atoms with E-state index in [0.717, 1.165) is 39.8 Å². The minimum atomic E-state index is 0.676. The number of rotatable bonds is 1. The third-order valence-corrected chi connectivity index (χ3v) is 4.13. The summed E-state index contributed by atoms with van der Waals surface area (Å²) in [4.78, 5) is 0. The molecule has 2 nitrogen and oxygen atoms in total. The van der Waals surface area contributed by atoms with Crippen LogP contribution in [-0.4, -0.2) is 0 Å². The Bertz CT molecular complexity index is 455. The molecule has 0 saturated heterocycles. The van der Waals surface area contributed by atoms with Gasteiger partial charge in [0, 0.05) is 21.4 Å². The number of allylic oxidation sites excluding steroid dienone is 2. The molecule has 0 atom stereocenters. The Kier molecular flexibility index (Phi) is 3.45. The molecule has 0 aliphatic heterocycles. The number of nitrogens with two attached hydrogens (primary N) is 2. The highest BCUT2D eigenvalue weighted by molar-refractivity contribution is 9.10. The lowest BCUT2D eigenvalue weighted by Crippen LogP contribution is -2.08. The van der Waals surface area contributed by atoms with Gasteiger partial charge in [-0.3, -0.25) is 0 Å². The van der Waals surface area contributed by atoms with E-state index in [1.165, 1.54) is 12.8 Å². The lowest BCUT2D eigenvalue weighted by Gasteiger charge is -2.19. The van der Waals surface area contributed by atoms with Crippen LogP contribution in [0, 0.1) is 0 Å². The Morgan fingerprint density at radius 3 is 2.50 bits per heavy atom. The van der Waals surface area contributed by atoms with Gasteiger partial charge in [0.2, 0.25) is 0 Å². The average molecular weight is 302 g/mol. The Labute approximate surface area is 109 Å². The first-order chi connectivity index (χ1) is 7.59. The highest BCUT2D eigenvalue weighted by Crippen LogP contribution is 2.36. The van der Waals surface area contributed by atoms with Gasteiger partial charge in [0.05, 0.1) is 5.02 Å². The predicted octanol–water partition coefficient (Wildman–Crippen LogP) is 3.93. The van der Waals surface area contributed by atoms with E-state index in [-0.39, 0.29) is 0 Å². The van der Waals surface area contributed by atoms with Crippen LogP contribution in [0.5, 0.6) is 0 Å². The zero-order valence-electron chi connectivity index (χ0n) is 8.89. The Hall–Kier alpha value is -0.670. The van der Waals surface area contributed by atoms with Gasteiger partial charge in [-0.15, -0.1) is 0 Å². The van der Waals surface area contributed by atoms with E-state index in [2.05, 4.69) is 15.9 Å². The maximum Gasteiger partial charge on any atom is 0.0555 e. The molecule has 0 amide bonds. The molecule has 0 heterocycles. The molecule has 0 saturated carbocycles. The number of hydrogen-bond donors (Lipinski definition) is 2. The Balaban J connectivity index is 2.51. The molecule has 1 aromatic rings. The second-order valence-electron chi connectivity index (χ2n) is 4.06. The summed E-state index contributed by atoms with van der Waals surface area (Å²) in [5.74, 6) is 0. The number of nitrogen functional groups attached to an aromatic ring is 1. The van der Waals surface area contributed by atoms with Crippen molar-refractivity contribution >= 4 is 38.8 Å². The number of halogens is 2. The van der Waals surface area contributed by atoms with Crippen molar-refractivity contribution in [1.82, 2.24) is 0 Å². The second-order valence-corrected chi connectivity index (χ2v) is 5.33. The van der Waals surface area contributed by atoms with E-state index < -0.39 is 0 Å². The van der Waals surface area contributed by atoms with Gasteiger partial charge in [-0.2, -0.15) is 0 Å². The summed E-state index contributed by atoms with van der Waals surface area (Å²) in [5.41, 5.74) is 15.9. The molecule has 2 rings (SSSR count). The fraction of sp³-hybridized carbons (Fsp3) is 0.333. The van der Waals surface area contributed by atoms with E-state index >= 15 is 0 Å². The molecular formula is C12H14BrClN2. The van der Waals surface area contributed by atoms with E-state index in [1.807, 2.05) is 12.1 Å². The largest absolute Gasteiger partial charge is 0.402 e. The average Bonchev–Trinajstić information content (AvgIpc) is 2.25. The minimum Gasteiger partial charge on any atom is -0.402 e. The van der Waals surface area contributed by atoms with Crippen molar-refractivity contribution in [2.75, 3.05) is 5.73 Å². The Morgan fingerprint density at radius 1 is 1.12 bits per heavy atom. The molecule has 0 aromatic heterocycles. The fourth-order valence-electron chi connectivity index (χ4n) is 2.06. The topological polar surface area (TPSA) is 52.0 Å². The number of anilines is 1. The van der Waals surface area contributed by atoms with E-state index in [0.29, 0.717) is 5.02 Å². The lowest BCUT2D eigenvalue weighted by molar-refractivity contribution is 0.709. The van der Waals surface area contributed by atoms with Crippen LogP contribution in [0.25, 0.3) is 5.57 Å². The SMILES string of the molecule is NC1=C(c2cc(Cl)c(Br)cc2N)CCCC1. The van der Waals surface area contributed by atoms with Crippen LogP contribution in [0.15, 0.2) is 22.3 Å². The van der Waals surface area contributed by atoms with Crippen molar-refractivity contribution < 1.29 is 0 Å². The molecule has 0 spiro atoms. The molecule has 86 valence electrons. The normalized spacial score (nSPS) is 16.6. The van der Waals surface area contributed by atoms with Crippen LogP contribution < -0.4 is 11.5 Å². The maximum atomic E-state index is 6.09. The molecule has 1 aliphatic carbocycles. The van der Waals surface area contributed by atoms with E-state index in [9.17, 15) is 0 Å². The third kappa shape index (κ3) is 2.20. The molecule has 0 unspecified atom stereocenters. The van der Waals surface area contributed by atoms with Crippen molar-refractivity contribution in [3.05, 3.63) is 32.9 Å². The summed E-state index contributed by atoms with van der Waals surface area (Å²) in [5, 5.41) is 0.676. The molecule has 4 N–H and O–H groups in total. The molecule has 1 aliphatic rings. The molecule has 16 heavy (non-hydrogen) atoms. The summed E-state index contributed by atoms with van der Waals surface area (Å²) in [6.45, 7) is 0. The molecular weight excluding hydrogens is 288 g/mol. The standard InChI is InChI=1S/C12H14BrClN2/c13-9-6-12(16)8(5-10(9)14)7-3-1-2-4-11(7)15/h5-6H,1-4,15-16H2. The summed E-state index contributed by atoms with van der Waals surface area (Å²) < 4.78 is 0.824. The van der Waals surface area contributed by atoms with Crippen molar-refractivity contribution in [1.29, 1.82) is 0 Å². The smallest absolute Gasteiger partial charge is 0.0555 e. The van der Waals surface area contributed by atoms with Gasteiger partial charge >= 0.3 is 0 Å². The fourth-order valence-corrected chi connectivity index (χ4v) is 2.58. The highest BCUT2D eigenvalue weighted by Gasteiger charge is 2.15. The molecule has 0 fully saturated rings. The monoisotopic (exact) mass is 300 g/mol. The van der Waals surface area contributed by atoms with Crippen molar-refractivity contribution in [2.45, 2.75) is 25.7 Å². The van der Waals surface area contributed by atoms with Crippen LogP contribution in [0.4, 0.5) is 5.69 Å². The van der Waals surface area contributed by atoms with Crippen LogP contribution in [-0.2, 0) is 0 Å². The zero-order valence-corrected chi connectivity index (χ0v) is 11.2. The Morgan fingerprint density at radius 2 is 1.81 bits per heavy atom. The first-order valence-corrected chi connectivity index (χ1v) is 6.49. The summed E-state index contributed by atoms with van der Waals surface area (Å²) in [6.07, 6.45) is 4.29. The predicted molar refractivity (Wildman–Crippen MR) is 73.1 cm³/mol. The van der Waals surface area contributed by atoms with Gasteiger partial charge in [0.1, 0.15) is 0 Å². The first-order valence-electron chi connectivity index (χ1n) is 5.32. The van der Waals surface area contributed by atoms with Gasteiger partial charge in [0.25, 0.3) is 0 Å².